The smallest absolute Gasteiger partial charge is 0.105 e. The molecule has 1 aliphatic heterocycles. The zero-order valence-corrected chi connectivity index (χ0v) is 9.41. The van der Waals surface area contributed by atoms with E-state index >= 15 is 0 Å². The summed E-state index contributed by atoms with van der Waals surface area (Å²) >= 11 is 0. The van der Waals surface area contributed by atoms with Crippen molar-refractivity contribution in [3.05, 3.63) is 24.2 Å². The molecule has 1 N–H and O–H groups in total. The van der Waals surface area contributed by atoms with Crippen LogP contribution in [0.5, 0.6) is 0 Å². The number of hydrogen-bond acceptors (Lipinski definition) is 3. The molecule has 0 aromatic carbocycles. The van der Waals surface area contributed by atoms with Crippen molar-refractivity contribution in [2.75, 3.05) is 26.7 Å². The summed E-state index contributed by atoms with van der Waals surface area (Å²) in [6.07, 6.45) is 5.41. The van der Waals surface area contributed by atoms with E-state index < -0.39 is 0 Å². The number of rotatable bonds is 4. The standard InChI is InChI=1S/C12H20N2O/c1-13-11-4-2-7-14(10-11)8-6-12-5-3-9-15-12/h3,5,9,11,13H,2,4,6-8,10H2,1H3. The van der Waals surface area contributed by atoms with Crippen LogP contribution in [0, 0.1) is 0 Å². The SMILES string of the molecule is CNC1CCCN(CCc2ccco2)C1. The number of furan rings is 1. The molecular weight excluding hydrogens is 188 g/mol. The van der Waals surface area contributed by atoms with E-state index in [0.717, 1.165) is 18.7 Å². The molecule has 1 aliphatic rings. The van der Waals surface area contributed by atoms with Crippen LogP contribution in [0.4, 0.5) is 0 Å². The van der Waals surface area contributed by atoms with Gasteiger partial charge < -0.3 is 14.6 Å². The van der Waals surface area contributed by atoms with Crippen LogP contribution in [-0.4, -0.2) is 37.6 Å². The Bertz CT molecular complexity index is 271. The van der Waals surface area contributed by atoms with E-state index in [0.29, 0.717) is 6.04 Å². The molecular formula is C12H20N2O. The molecule has 1 saturated heterocycles. The lowest BCUT2D eigenvalue weighted by Crippen LogP contribution is -2.44. The van der Waals surface area contributed by atoms with Crippen molar-refractivity contribution >= 4 is 0 Å². The lowest BCUT2D eigenvalue weighted by Gasteiger charge is -2.32. The molecule has 3 nitrogen and oxygen atoms in total. The zero-order chi connectivity index (χ0) is 10.5. The van der Waals surface area contributed by atoms with Crippen LogP contribution in [-0.2, 0) is 6.42 Å². The average molecular weight is 208 g/mol. The van der Waals surface area contributed by atoms with Crippen molar-refractivity contribution in [3.8, 4) is 0 Å². The van der Waals surface area contributed by atoms with Crippen LogP contribution in [0.2, 0.25) is 0 Å². The van der Waals surface area contributed by atoms with Crippen molar-refractivity contribution < 1.29 is 4.42 Å². The van der Waals surface area contributed by atoms with Gasteiger partial charge in [-0.25, -0.2) is 0 Å². The molecule has 0 spiro atoms. The van der Waals surface area contributed by atoms with E-state index in [1.165, 1.54) is 25.9 Å². The van der Waals surface area contributed by atoms with E-state index in [4.69, 9.17) is 4.42 Å². The summed E-state index contributed by atoms with van der Waals surface area (Å²) in [4.78, 5) is 2.52. The molecule has 1 atom stereocenters. The minimum atomic E-state index is 0.676. The number of hydrogen-bond donors (Lipinski definition) is 1. The summed E-state index contributed by atoms with van der Waals surface area (Å²) < 4.78 is 5.34. The van der Waals surface area contributed by atoms with Gasteiger partial charge in [-0.15, -0.1) is 0 Å². The third-order valence-electron chi connectivity index (χ3n) is 3.17. The number of piperidine rings is 1. The second-order valence-electron chi connectivity index (χ2n) is 4.26. The molecule has 0 aliphatic carbocycles. The first kappa shape index (κ1) is 10.7. The topological polar surface area (TPSA) is 28.4 Å². The molecule has 1 unspecified atom stereocenters. The van der Waals surface area contributed by atoms with Gasteiger partial charge in [0.15, 0.2) is 0 Å². The molecule has 2 rings (SSSR count). The average Bonchev–Trinajstić information content (AvgIpc) is 2.79. The van der Waals surface area contributed by atoms with Gasteiger partial charge in [0.1, 0.15) is 5.76 Å². The van der Waals surface area contributed by atoms with Crippen LogP contribution >= 0.6 is 0 Å². The third kappa shape index (κ3) is 3.08. The Morgan fingerprint density at radius 3 is 3.27 bits per heavy atom. The van der Waals surface area contributed by atoms with Crippen molar-refractivity contribution in [2.45, 2.75) is 25.3 Å². The molecule has 2 heterocycles. The molecule has 0 bridgehead atoms. The Balaban J connectivity index is 1.74. The van der Waals surface area contributed by atoms with Gasteiger partial charge in [-0.05, 0) is 38.6 Å². The summed E-state index contributed by atoms with van der Waals surface area (Å²) in [5.41, 5.74) is 0. The molecule has 1 aromatic heterocycles. The maximum Gasteiger partial charge on any atom is 0.105 e. The molecule has 0 amide bonds. The fourth-order valence-electron chi connectivity index (χ4n) is 2.22. The van der Waals surface area contributed by atoms with Crippen LogP contribution in [0.25, 0.3) is 0 Å². The Morgan fingerprint density at radius 1 is 1.60 bits per heavy atom. The Hall–Kier alpha value is -0.800. The molecule has 0 radical (unpaired) electrons. The summed E-state index contributed by atoms with van der Waals surface area (Å²) in [5.74, 6) is 1.10. The Kier molecular flexibility index (Phi) is 3.80. The van der Waals surface area contributed by atoms with Gasteiger partial charge in [0.05, 0.1) is 6.26 Å². The first-order valence-electron chi connectivity index (χ1n) is 5.80. The van der Waals surface area contributed by atoms with E-state index in [1.807, 2.05) is 6.07 Å². The summed E-state index contributed by atoms with van der Waals surface area (Å²) in [6.45, 7) is 3.53. The highest BCUT2D eigenvalue weighted by molar-refractivity contribution is 4.98. The second kappa shape index (κ2) is 5.33. The van der Waals surface area contributed by atoms with Crippen molar-refractivity contribution in [2.24, 2.45) is 0 Å². The molecule has 15 heavy (non-hydrogen) atoms. The fraction of sp³-hybridized carbons (Fsp3) is 0.667. The van der Waals surface area contributed by atoms with Crippen molar-refractivity contribution in [1.29, 1.82) is 0 Å². The predicted molar refractivity (Wildman–Crippen MR) is 60.9 cm³/mol. The van der Waals surface area contributed by atoms with Gasteiger partial charge in [0, 0.05) is 25.6 Å². The van der Waals surface area contributed by atoms with Gasteiger partial charge in [0.2, 0.25) is 0 Å². The minimum absolute atomic E-state index is 0.676. The lowest BCUT2D eigenvalue weighted by molar-refractivity contribution is 0.194. The number of nitrogens with zero attached hydrogens (tertiary/aromatic N) is 1. The van der Waals surface area contributed by atoms with Gasteiger partial charge >= 0.3 is 0 Å². The van der Waals surface area contributed by atoms with Gasteiger partial charge in [-0.2, -0.15) is 0 Å². The molecule has 3 heteroatoms. The monoisotopic (exact) mass is 208 g/mol. The van der Waals surface area contributed by atoms with E-state index in [-0.39, 0.29) is 0 Å². The van der Waals surface area contributed by atoms with Crippen LogP contribution < -0.4 is 5.32 Å². The minimum Gasteiger partial charge on any atom is -0.469 e. The zero-order valence-electron chi connectivity index (χ0n) is 9.41. The van der Waals surface area contributed by atoms with Crippen LogP contribution in [0.15, 0.2) is 22.8 Å². The molecule has 0 saturated carbocycles. The largest absolute Gasteiger partial charge is 0.469 e. The Labute approximate surface area is 91.4 Å². The van der Waals surface area contributed by atoms with Gasteiger partial charge in [-0.1, -0.05) is 0 Å². The lowest BCUT2D eigenvalue weighted by atomic mass is 10.1. The first-order valence-corrected chi connectivity index (χ1v) is 5.80. The number of nitrogens with one attached hydrogen (secondary N) is 1. The highest BCUT2D eigenvalue weighted by atomic mass is 16.3. The van der Waals surface area contributed by atoms with Crippen LogP contribution in [0.3, 0.4) is 0 Å². The first-order chi connectivity index (χ1) is 7.38. The predicted octanol–water partition coefficient (Wildman–Crippen LogP) is 1.51. The molecule has 1 fully saturated rings. The number of likely N-dealkylation sites (tertiary alicyclic amines) is 1. The van der Waals surface area contributed by atoms with Gasteiger partial charge in [0.25, 0.3) is 0 Å². The number of likely N-dealkylation sites (N-methyl/N-ethyl adjacent to an activating group) is 1. The quantitative estimate of drug-likeness (QED) is 0.813. The molecule has 1 aromatic rings. The summed E-state index contributed by atoms with van der Waals surface area (Å²) in [6, 6.07) is 4.69. The van der Waals surface area contributed by atoms with Crippen LogP contribution in [0.1, 0.15) is 18.6 Å². The van der Waals surface area contributed by atoms with Gasteiger partial charge in [-0.3, -0.25) is 0 Å². The van der Waals surface area contributed by atoms with Crippen molar-refractivity contribution in [3.63, 3.8) is 0 Å². The normalized spacial score (nSPS) is 23.1. The van der Waals surface area contributed by atoms with Crippen molar-refractivity contribution in [1.82, 2.24) is 10.2 Å². The summed E-state index contributed by atoms with van der Waals surface area (Å²) in [7, 11) is 2.06. The maximum absolute atomic E-state index is 5.34. The Morgan fingerprint density at radius 2 is 2.53 bits per heavy atom. The second-order valence-corrected chi connectivity index (χ2v) is 4.26. The summed E-state index contributed by atoms with van der Waals surface area (Å²) in [5, 5.41) is 3.36. The highest BCUT2D eigenvalue weighted by Crippen LogP contribution is 2.11. The van der Waals surface area contributed by atoms with E-state index in [9.17, 15) is 0 Å². The third-order valence-corrected chi connectivity index (χ3v) is 3.17. The van der Waals surface area contributed by atoms with E-state index in [2.05, 4.69) is 23.3 Å². The highest BCUT2D eigenvalue weighted by Gasteiger charge is 2.17. The molecule has 84 valence electrons. The fourth-order valence-corrected chi connectivity index (χ4v) is 2.22. The maximum atomic E-state index is 5.34. The van der Waals surface area contributed by atoms with E-state index in [1.54, 1.807) is 6.26 Å².